The molecule has 0 atom stereocenters. The van der Waals surface area contributed by atoms with Gasteiger partial charge in [0.15, 0.2) is 0 Å². The van der Waals surface area contributed by atoms with Crippen molar-refractivity contribution in [3.05, 3.63) is 53.2 Å². The number of ether oxygens (including phenoxy) is 3. The molecule has 1 saturated heterocycles. The largest absolute Gasteiger partial charge is 0.497 e. The average Bonchev–Trinajstić information content (AvgIpc) is 2.73. The Bertz CT molecular complexity index is 844. The number of hydrogen-bond donors (Lipinski definition) is 0. The van der Waals surface area contributed by atoms with E-state index in [0.717, 1.165) is 25.0 Å². The molecule has 2 aliphatic heterocycles. The van der Waals surface area contributed by atoms with Gasteiger partial charge in [-0.3, -0.25) is 4.79 Å². The molecule has 2 aromatic rings. The van der Waals surface area contributed by atoms with E-state index in [1.165, 1.54) is 11.1 Å². The van der Waals surface area contributed by atoms with E-state index < -0.39 is 0 Å². The molecule has 0 radical (unpaired) electrons. The van der Waals surface area contributed by atoms with E-state index in [1.54, 1.807) is 32.5 Å². The fraction of sp³-hybridized carbons (Fsp3) is 0.429. The zero-order valence-electron chi connectivity index (χ0n) is 15.7. The molecule has 0 N–H and O–H groups in total. The molecule has 27 heavy (non-hydrogen) atoms. The first-order valence-corrected chi connectivity index (χ1v) is 9.26. The minimum Gasteiger partial charge on any atom is -0.497 e. The molecular weight excluding hydrogens is 344 g/mol. The van der Waals surface area contributed by atoms with E-state index in [-0.39, 0.29) is 11.5 Å². The number of hydrogen-bond acceptors (Lipinski definition) is 5. The van der Waals surface area contributed by atoms with Gasteiger partial charge in [-0.25, -0.2) is 4.98 Å². The van der Waals surface area contributed by atoms with E-state index in [9.17, 15) is 4.79 Å². The van der Waals surface area contributed by atoms with Crippen LogP contribution >= 0.6 is 0 Å². The van der Waals surface area contributed by atoms with E-state index in [1.807, 2.05) is 11.0 Å². The monoisotopic (exact) mass is 368 g/mol. The lowest BCUT2D eigenvalue weighted by Crippen LogP contribution is -2.48. The predicted molar refractivity (Wildman–Crippen MR) is 100 cm³/mol. The first kappa shape index (κ1) is 17.8. The first-order valence-electron chi connectivity index (χ1n) is 9.26. The van der Waals surface area contributed by atoms with Crippen molar-refractivity contribution in [3.8, 4) is 11.6 Å². The summed E-state index contributed by atoms with van der Waals surface area (Å²) in [6.07, 6.45) is 4.08. The Balaban J connectivity index is 1.51. The van der Waals surface area contributed by atoms with Crippen molar-refractivity contribution in [2.24, 2.45) is 0 Å². The fourth-order valence-corrected chi connectivity index (χ4v) is 4.10. The number of piperidine rings is 1. The zero-order valence-corrected chi connectivity index (χ0v) is 15.7. The van der Waals surface area contributed by atoms with E-state index in [2.05, 4.69) is 17.1 Å². The summed E-state index contributed by atoms with van der Waals surface area (Å²) < 4.78 is 16.8. The van der Waals surface area contributed by atoms with Crippen LogP contribution in [-0.4, -0.2) is 49.7 Å². The molecule has 0 unspecified atom stereocenters. The standard InChI is InChI=1S/C21H24N2O4/c1-25-17-3-4-18-15(13-17)6-12-27-21(18)7-10-23(11-8-21)20(24)16-5-9-22-19(14-16)26-2/h3-5,9,13-14H,6-8,10-12H2,1-2H3. The van der Waals surface area contributed by atoms with Crippen LogP contribution in [0.1, 0.15) is 34.3 Å². The smallest absolute Gasteiger partial charge is 0.254 e. The van der Waals surface area contributed by atoms with Crippen LogP contribution in [0.2, 0.25) is 0 Å². The van der Waals surface area contributed by atoms with Gasteiger partial charge in [-0.2, -0.15) is 0 Å². The zero-order chi connectivity index (χ0) is 18.9. The quantitative estimate of drug-likeness (QED) is 0.834. The number of pyridine rings is 1. The van der Waals surface area contributed by atoms with Crippen LogP contribution < -0.4 is 9.47 Å². The molecule has 0 saturated carbocycles. The minimum absolute atomic E-state index is 0.0105. The number of carbonyl (C=O) groups excluding carboxylic acids is 1. The molecule has 142 valence electrons. The van der Waals surface area contributed by atoms with Crippen LogP contribution in [0.3, 0.4) is 0 Å². The maximum Gasteiger partial charge on any atom is 0.254 e. The number of fused-ring (bicyclic) bond motifs is 2. The second-order valence-corrected chi connectivity index (χ2v) is 6.99. The molecule has 3 heterocycles. The van der Waals surface area contributed by atoms with Crippen LogP contribution in [0, 0.1) is 0 Å². The highest BCUT2D eigenvalue weighted by Crippen LogP contribution is 2.42. The van der Waals surface area contributed by atoms with Gasteiger partial charge >= 0.3 is 0 Å². The number of likely N-dealkylation sites (tertiary alicyclic amines) is 1. The number of carbonyl (C=O) groups is 1. The Labute approximate surface area is 159 Å². The van der Waals surface area contributed by atoms with Gasteiger partial charge in [0, 0.05) is 30.9 Å². The Morgan fingerprint density at radius 3 is 2.70 bits per heavy atom. The third kappa shape index (κ3) is 3.25. The molecule has 0 aliphatic carbocycles. The topological polar surface area (TPSA) is 60.9 Å². The Morgan fingerprint density at radius 2 is 1.96 bits per heavy atom. The molecule has 1 spiro atoms. The summed E-state index contributed by atoms with van der Waals surface area (Å²) in [6.45, 7) is 2.03. The third-order valence-corrected chi connectivity index (χ3v) is 5.60. The second kappa shape index (κ2) is 7.19. The number of aromatic nitrogens is 1. The number of methoxy groups -OCH3 is 2. The van der Waals surface area contributed by atoms with Crippen molar-refractivity contribution in [2.45, 2.75) is 24.9 Å². The Hall–Kier alpha value is -2.60. The van der Waals surface area contributed by atoms with Crippen molar-refractivity contribution >= 4 is 5.91 Å². The van der Waals surface area contributed by atoms with Gasteiger partial charge in [-0.15, -0.1) is 0 Å². The van der Waals surface area contributed by atoms with Gasteiger partial charge in [-0.05, 0) is 48.6 Å². The third-order valence-electron chi connectivity index (χ3n) is 5.60. The number of amides is 1. The highest BCUT2D eigenvalue weighted by atomic mass is 16.5. The van der Waals surface area contributed by atoms with Gasteiger partial charge in [0.05, 0.1) is 26.4 Å². The maximum absolute atomic E-state index is 12.9. The van der Waals surface area contributed by atoms with Gasteiger partial charge in [0.2, 0.25) is 5.88 Å². The highest BCUT2D eigenvalue weighted by Gasteiger charge is 2.41. The molecule has 1 aromatic carbocycles. The predicted octanol–water partition coefficient (Wildman–Crippen LogP) is 2.80. The molecule has 1 aromatic heterocycles. The lowest BCUT2D eigenvalue weighted by Gasteiger charge is -2.45. The van der Waals surface area contributed by atoms with Crippen molar-refractivity contribution < 1.29 is 19.0 Å². The molecule has 1 fully saturated rings. The molecule has 6 nitrogen and oxygen atoms in total. The van der Waals surface area contributed by atoms with Crippen molar-refractivity contribution in [2.75, 3.05) is 33.9 Å². The second-order valence-electron chi connectivity index (χ2n) is 6.99. The SMILES string of the molecule is COc1ccc2c(c1)CCOC21CCN(C(=O)c2ccnc(OC)c2)CC1. The first-order chi connectivity index (χ1) is 13.1. The number of rotatable bonds is 3. The molecule has 4 rings (SSSR count). The van der Waals surface area contributed by atoms with Crippen molar-refractivity contribution in [1.29, 1.82) is 0 Å². The van der Waals surface area contributed by atoms with Crippen LogP contribution in [-0.2, 0) is 16.8 Å². The van der Waals surface area contributed by atoms with Crippen molar-refractivity contribution in [1.82, 2.24) is 9.88 Å². The summed E-state index contributed by atoms with van der Waals surface area (Å²) in [6, 6.07) is 9.65. The normalized spacial score (nSPS) is 18.1. The number of benzene rings is 1. The van der Waals surface area contributed by atoms with Crippen LogP contribution in [0.15, 0.2) is 36.5 Å². The van der Waals surface area contributed by atoms with E-state index in [4.69, 9.17) is 14.2 Å². The Morgan fingerprint density at radius 1 is 1.15 bits per heavy atom. The summed E-state index contributed by atoms with van der Waals surface area (Å²) in [5.41, 5.74) is 2.84. The summed E-state index contributed by atoms with van der Waals surface area (Å²) >= 11 is 0. The summed E-state index contributed by atoms with van der Waals surface area (Å²) in [5.74, 6) is 1.34. The van der Waals surface area contributed by atoms with Gasteiger partial charge in [0.1, 0.15) is 5.75 Å². The summed E-state index contributed by atoms with van der Waals surface area (Å²) in [7, 11) is 3.24. The maximum atomic E-state index is 12.9. The highest BCUT2D eigenvalue weighted by molar-refractivity contribution is 5.94. The minimum atomic E-state index is -0.299. The molecule has 2 aliphatic rings. The molecule has 1 amide bonds. The lowest BCUT2D eigenvalue weighted by molar-refractivity contribution is -0.0935. The van der Waals surface area contributed by atoms with E-state index in [0.29, 0.717) is 31.1 Å². The molecule has 6 heteroatoms. The van der Waals surface area contributed by atoms with Crippen molar-refractivity contribution in [3.63, 3.8) is 0 Å². The lowest BCUT2D eigenvalue weighted by atomic mass is 9.79. The molecule has 0 bridgehead atoms. The molecular formula is C21H24N2O4. The average molecular weight is 368 g/mol. The van der Waals surface area contributed by atoms with Gasteiger partial charge in [-0.1, -0.05) is 6.07 Å². The fourth-order valence-electron chi connectivity index (χ4n) is 4.10. The van der Waals surface area contributed by atoms with Crippen LogP contribution in [0.5, 0.6) is 11.6 Å². The Kier molecular flexibility index (Phi) is 4.74. The van der Waals surface area contributed by atoms with Crippen LogP contribution in [0.25, 0.3) is 0 Å². The van der Waals surface area contributed by atoms with Crippen LogP contribution in [0.4, 0.5) is 0 Å². The van der Waals surface area contributed by atoms with E-state index >= 15 is 0 Å². The summed E-state index contributed by atoms with van der Waals surface area (Å²) in [5, 5.41) is 0. The van der Waals surface area contributed by atoms with Gasteiger partial charge < -0.3 is 19.1 Å². The summed E-state index contributed by atoms with van der Waals surface area (Å²) in [4.78, 5) is 18.8. The number of nitrogens with zero attached hydrogens (tertiary/aromatic N) is 2. The van der Waals surface area contributed by atoms with Gasteiger partial charge in [0.25, 0.3) is 5.91 Å².